The normalized spacial score (nSPS) is 11.9. The standard InChI is InChI=1S/C9H10Cl2N4/c1-6(4-12)5-15(2)7-3-8(10)13-14-9(7)11/h3,6H,5H2,1-2H3. The topological polar surface area (TPSA) is 52.8 Å². The zero-order valence-corrected chi connectivity index (χ0v) is 9.92. The Morgan fingerprint density at radius 2 is 2.20 bits per heavy atom. The van der Waals surface area contributed by atoms with Crippen LogP contribution < -0.4 is 4.90 Å². The van der Waals surface area contributed by atoms with Gasteiger partial charge >= 0.3 is 0 Å². The SMILES string of the molecule is CC(C#N)CN(C)c1cc(Cl)nnc1Cl. The maximum atomic E-state index is 8.69. The molecule has 1 atom stereocenters. The number of halogens is 2. The average Bonchev–Trinajstić information content (AvgIpc) is 2.21. The van der Waals surface area contributed by atoms with Crippen molar-refractivity contribution in [3.63, 3.8) is 0 Å². The largest absolute Gasteiger partial charge is 0.371 e. The fraction of sp³-hybridized carbons (Fsp3) is 0.444. The van der Waals surface area contributed by atoms with Gasteiger partial charge in [-0.05, 0) is 6.92 Å². The molecule has 1 unspecified atom stereocenters. The Balaban J connectivity index is 2.86. The first-order valence-electron chi connectivity index (χ1n) is 4.34. The number of nitriles is 1. The van der Waals surface area contributed by atoms with Gasteiger partial charge in [-0.25, -0.2) is 0 Å². The lowest BCUT2D eigenvalue weighted by Gasteiger charge is -2.20. The minimum atomic E-state index is -0.0852. The highest BCUT2D eigenvalue weighted by atomic mass is 35.5. The molecule has 0 radical (unpaired) electrons. The first-order chi connectivity index (χ1) is 7.04. The minimum absolute atomic E-state index is 0.0852. The van der Waals surface area contributed by atoms with Crippen LogP contribution in [0.15, 0.2) is 6.07 Å². The van der Waals surface area contributed by atoms with E-state index in [1.54, 1.807) is 6.07 Å². The van der Waals surface area contributed by atoms with Gasteiger partial charge in [0.15, 0.2) is 10.3 Å². The summed E-state index contributed by atoms with van der Waals surface area (Å²) in [7, 11) is 1.83. The summed E-state index contributed by atoms with van der Waals surface area (Å²) in [5.74, 6) is -0.0852. The van der Waals surface area contributed by atoms with Gasteiger partial charge in [-0.1, -0.05) is 23.2 Å². The van der Waals surface area contributed by atoms with Crippen molar-refractivity contribution >= 4 is 28.9 Å². The zero-order valence-electron chi connectivity index (χ0n) is 8.41. The molecule has 0 bridgehead atoms. The van der Waals surface area contributed by atoms with Crippen molar-refractivity contribution in [3.05, 3.63) is 16.4 Å². The number of aromatic nitrogens is 2. The Hall–Kier alpha value is -1.05. The van der Waals surface area contributed by atoms with Crippen molar-refractivity contribution in [2.75, 3.05) is 18.5 Å². The Morgan fingerprint density at radius 1 is 1.53 bits per heavy atom. The van der Waals surface area contributed by atoms with Crippen molar-refractivity contribution in [1.29, 1.82) is 5.26 Å². The number of hydrogen-bond acceptors (Lipinski definition) is 4. The third-order valence-electron chi connectivity index (χ3n) is 1.88. The summed E-state index contributed by atoms with van der Waals surface area (Å²) in [6, 6.07) is 3.77. The third kappa shape index (κ3) is 3.22. The Labute approximate surface area is 98.4 Å². The predicted octanol–water partition coefficient (Wildman–Crippen LogP) is 2.38. The summed E-state index contributed by atoms with van der Waals surface area (Å²) >= 11 is 11.6. The van der Waals surface area contributed by atoms with Crippen LogP contribution in [-0.4, -0.2) is 23.8 Å². The van der Waals surface area contributed by atoms with Crippen molar-refractivity contribution in [3.8, 4) is 6.07 Å². The highest BCUT2D eigenvalue weighted by Crippen LogP contribution is 2.24. The summed E-state index contributed by atoms with van der Waals surface area (Å²) < 4.78 is 0. The first kappa shape index (κ1) is 12.0. The number of rotatable bonds is 3. The fourth-order valence-corrected chi connectivity index (χ4v) is 1.54. The molecule has 15 heavy (non-hydrogen) atoms. The van der Waals surface area contributed by atoms with Gasteiger partial charge in [0.2, 0.25) is 0 Å². The molecule has 0 amide bonds. The number of nitrogens with zero attached hydrogens (tertiary/aromatic N) is 4. The van der Waals surface area contributed by atoms with Crippen molar-refractivity contribution in [2.45, 2.75) is 6.92 Å². The molecular weight excluding hydrogens is 235 g/mol. The van der Waals surface area contributed by atoms with Crippen LogP contribution in [0.4, 0.5) is 5.69 Å². The van der Waals surface area contributed by atoms with E-state index < -0.39 is 0 Å². The molecule has 0 aliphatic carbocycles. The van der Waals surface area contributed by atoms with E-state index in [1.807, 2.05) is 18.9 Å². The predicted molar refractivity (Wildman–Crippen MR) is 60.1 cm³/mol. The zero-order chi connectivity index (χ0) is 11.4. The van der Waals surface area contributed by atoms with Gasteiger partial charge < -0.3 is 4.90 Å². The molecule has 0 aliphatic heterocycles. The monoisotopic (exact) mass is 244 g/mol. The lowest BCUT2D eigenvalue weighted by molar-refractivity contribution is 0.714. The van der Waals surface area contributed by atoms with E-state index in [0.717, 1.165) is 0 Å². The summed E-state index contributed by atoms with van der Waals surface area (Å²) in [5.41, 5.74) is 0.679. The summed E-state index contributed by atoms with van der Waals surface area (Å²) in [4.78, 5) is 1.83. The molecule has 1 rings (SSSR count). The lowest BCUT2D eigenvalue weighted by atomic mass is 10.2. The van der Waals surface area contributed by atoms with Gasteiger partial charge in [0.25, 0.3) is 0 Å². The summed E-state index contributed by atoms with van der Waals surface area (Å²) in [6.45, 7) is 2.40. The molecule has 0 aliphatic rings. The molecule has 0 saturated heterocycles. The molecule has 0 aromatic carbocycles. The van der Waals surface area contributed by atoms with Crippen LogP contribution in [0.5, 0.6) is 0 Å². The Kier molecular flexibility index (Phi) is 4.13. The maximum Gasteiger partial charge on any atom is 0.175 e. The molecule has 4 nitrogen and oxygen atoms in total. The first-order valence-corrected chi connectivity index (χ1v) is 5.09. The molecule has 0 spiro atoms. The van der Waals surface area contributed by atoms with E-state index in [0.29, 0.717) is 12.2 Å². The number of hydrogen-bond donors (Lipinski definition) is 0. The lowest BCUT2D eigenvalue weighted by Crippen LogP contribution is -2.23. The second-order valence-electron chi connectivity index (χ2n) is 3.25. The van der Waals surface area contributed by atoms with Crippen molar-refractivity contribution < 1.29 is 0 Å². The van der Waals surface area contributed by atoms with Crippen molar-refractivity contribution in [2.24, 2.45) is 5.92 Å². The van der Waals surface area contributed by atoms with Crippen molar-refractivity contribution in [1.82, 2.24) is 10.2 Å². The van der Waals surface area contributed by atoms with Crippen LogP contribution in [0, 0.1) is 17.2 Å². The van der Waals surface area contributed by atoms with Crippen LogP contribution in [0.2, 0.25) is 10.3 Å². The van der Waals surface area contributed by atoms with Crippen LogP contribution in [0.1, 0.15) is 6.92 Å². The molecule has 0 saturated carbocycles. The molecule has 6 heteroatoms. The molecule has 1 aromatic heterocycles. The fourth-order valence-electron chi connectivity index (χ4n) is 1.16. The van der Waals surface area contributed by atoms with Gasteiger partial charge in [-0.2, -0.15) is 5.26 Å². The quantitative estimate of drug-likeness (QED) is 0.820. The molecule has 1 heterocycles. The number of anilines is 1. The second kappa shape index (κ2) is 5.15. The van der Waals surface area contributed by atoms with E-state index in [-0.39, 0.29) is 16.2 Å². The minimum Gasteiger partial charge on any atom is -0.371 e. The molecule has 0 N–H and O–H groups in total. The van der Waals surface area contributed by atoms with E-state index >= 15 is 0 Å². The Morgan fingerprint density at radius 3 is 2.80 bits per heavy atom. The van der Waals surface area contributed by atoms with Gasteiger partial charge in [-0.3, -0.25) is 0 Å². The summed E-state index contributed by atoms with van der Waals surface area (Å²) in [5, 5.41) is 16.6. The molecular formula is C9H10Cl2N4. The van der Waals surface area contributed by atoms with E-state index in [9.17, 15) is 0 Å². The maximum absolute atomic E-state index is 8.69. The molecule has 1 aromatic rings. The summed E-state index contributed by atoms with van der Waals surface area (Å²) in [6.07, 6.45) is 0. The van der Waals surface area contributed by atoms with Gasteiger partial charge in [-0.15, -0.1) is 10.2 Å². The van der Waals surface area contributed by atoms with Crippen LogP contribution in [-0.2, 0) is 0 Å². The second-order valence-corrected chi connectivity index (χ2v) is 4.00. The average molecular weight is 245 g/mol. The van der Waals surface area contributed by atoms with Gasteiger partial charge in [0.1, 0.15) is 0 Å². The van der Waals surface area contributed by atoms with E-state index in [4.69, 9.17) is 28.5 Å². The van der Waals surface area contributed by atoms with Gasteiger partial charge in [0.05, 0.1) is 17.7 Å². The van der Waals surface area contributed by atoms with E-state index in [2.05, 4.69) is 16.3 Å². The third-order valence-corrected chi connectivity index (χ3v) is 2.33. The molecule has 80 valence electrons. The molecule has 0 fully saturated rings. The highest BCUT2D eigenvalue weighted by Gasteiger charge is 2.11. The van der Waals surface area contributed by atoms with Crippen LogP contribution in [0.25, 0.3) is 0 Å². The highest BCUT2D eigenvalue weighted by molar-refractivity contribution is 6.33. The van der Waals surface area contributed by atoms with E-state index in [1.165, 1.54) is 0 Å². The smallest absolute Gasteiger partial charge is 0.175 e. The van der Waals surface area contributed by atoms with Crippen LogP contribution in [0.3, 0.4) is 0 Å². The van der Waals surface area contributed by atoms with Gasteiger partial charge in [0, 0.05) is 19.7 Å². The Bertz CT molecular complexity index is 388. The van der Waals surface area contributed by atoms with Crippen LogP contribution >= 0.6 is 23.2 Å².